The van der Waals surface area contributed by atoms with Gasteiger partial charge in [-0.1, -0.05) is 30.3 Å². The number of ketones is 1. The van der Waals surface area contributed by atoms with E-state index in [9.17, 15) is 13.2 Å². The average molecular weight is 416 g/mol. The van der Waals surface area contributed by atoms with Crippen molar-refractivity contribution in [3.63, 3.8) is 0 Å². The zero-order valence-corrected chi connectivity index (χ0v) is 17.3. The van der Waals surface area contributed by atoms with Gasteiger partial charge >= 0.3 is 0 Å². The minimum atomic E-state index is -3.66. The van der Waals surface area contributed by atoms with E-state index in [0.29, 0.717) is 22.8 Å². The molecular formula is C21H21NO4S2. The fraction of sp³-hybridized carbons (Fsp3) is 0.190. The van der Waals surface area contributed by atoms with Crippen LogP contribution in [-0.2, 0) is 16.6 Å². The van der Waals surface area contributed by atoms with Crippen LogP contribution in [0, 0.1) is 6.92 Å². The number of rotatable bonds is 8. The summed E-state index contributed by atoms with van der Waals surface area (Å²) in [6.07, 6.45) is 0. The predicted octanol–water partition coefficient (Wildman–Crippen LogP) is 4.16. The van der Waals surface area contributed by atoms with Crippen LogP contribution in [-0.4, -0.2) is 20.8 Å². The van der Waals surface area contributed by atoms with Gasteiger partial charge in [-0.25, -0.2) is 13.1 Å². The minimum Gasteiger partial charge on any atom is -0.494 e. The molecule has 0 atom stereocenters. The molecule has 0 amide bonds. The Balaban J connectivity index is 1.69. The molecule has 1 N–H and O–H groups in total. The van der Waals surface area contributed by atoms with Gasteiger partial charge in [0.15, 0.2) is 0 Å². The lowest BCUT2D eigenvalue weighted by Crippen LogP contribution is -2.22. The zero-order valence-electron chi connectivity index (χ0n) is 15.6. The molecule has 3 aromatic rings. The van der Waals surface area contributed by atoms with Crippen molar-refractivity contribution in [2.24, 2.45) is 0 Å². The molecule has 3 rings (SSSR count). The summed E-state index contributed by atoms with van der Waals surface area (Å²) in [5, 5.41) is 0. The van der Waals surface area contributed by atoms with Gasteiger partial charge in [0, 0.05) is 17.0 Å². The lowest BCUT2D eigenvalue weighted by atomic mass is 10.1. The Labute approximate surface area is 169 Å². The van der Waals surface area contributed by atoms with Crippen molar-refractivity contribution in [3.8, 4) is 5.75 Å². The number of hydrogen-bond donors (Lipinski definition) is 1. The van der Waals surface area contributed by atoms with Gasteiger partial charge in [0.05, 0.1) is 16.4 Å². The SMILES string of the molecule is CCOc1ccc(S(=O)(=O)NCc2ccc(C(=O)c3ccccc3)s2)cc1C. The van der Waals surface area contributed by atoms with Gasteiger partial charge in [0.1, 0.15) is 5.75 Å². The Bertz CT molecular complexity index is 1070. The number of benzene rings is 2. The van der Waals surface area contributed by atoms with Crippen LogP contribution in [0.5, 0.6) is 5.75 Å². The van der Waals surface area contributed by atoms with Crippen LogP contribution < -0.4 is 9.46 Å². The Hall–Kier alpha value is -2.48. The lowest BCUT2D eigenvalue weighted by molar-refractivity contribution is 0.104. The van der Waals surface area contributed by atoms with E-state index in [0.717, 1.165) is 10.4 Å². The first-order valence-electron chi connectivity index (χ1n) is 8.82. The average Bonchev–Trinajstić information content (AvgIpc) is 3.17. The van der Waals surface area contributed by atoms with E-state index in [2.05, 4.69) is 4.72 Å². The van der Waals surface area contributed by atoms with Gasteiger partial charge in [-0.3, -0.25) is 4.79 Å². The third-order valence-electron chi connectivity index (χ3n) is 4.11. The lowest BCUT2D eigenvalue weighted by Gasteiger charge is -2.10. The molecule has 0 saturated heterocycles. The molecule has 2 aromatic carbocycles. The standard InChI is InChI=1S/C21H21NO4S2/c1-3-26-19-11-10-18(13-15(19)2)28(24,25)22-14-17-9-12-20(27-17)21(23)16-7-5-4-6-8-16/h4-13,22H,3,14H2,1-2H3. The number of aryl methyl sites for hydroxylation is 1. The molecule has 0 radical (unpaired) electrons. The van der Waals surface area contributed by atoms with Gasteiger partial charge in [-0.2, -0.15) is 0 Å². The molecule has 5 nitrogen and oxygen atoms in total. The second-order valence-corrected chi connectivity index (χ2v) is 9.08. The second-order valence-electron chi connectivity index (χ2n) is 6.15. The van der Waals surface area contributed by atoms with Crippen LogP contribution in [0.4, 0.5) is 0 Å². The fourth-order valence-corrected chi connectivity index (χ4v) is 4.77. The number of hydrogen-bond acceptors (Lipinski definition) is 5. The van der Waals surface area contributed by atoms with Crippen LogP contribution in [0.3, 0.4) is 0 Å². The van der Waals surface area contributed by atoms with E-state index in [1.807, 2.05) is 32.0 Å². The molecule has 0 fully saturated rings. The number of thiophene rings is 1. The van der Waals surface area contributed by atoms with Gasteiger partial charge in [-0.05, 0) is 49.7 Å². The first-order valence-corrected chi connectivity index (χ1v) is 11.1. The number of carbonyl (C=O) groups is 1. The maximum Gasteiger partial charge on any atom is 0.240 e. The smallest absolute Gasteiger partial charge is 0.240 e. The van der Waals surface area contributed by atoms with Crippen molar-refractivity contribution in [2.75, 3.05) is 6.61 Å². The van der Waals surface area contributed by atoms with Crippen molar-refractivity contribution in [1.29, 1.82) is 0 Å². The highest BCUT2D eigenvalue weighted by atomic mass is 32.2. The maximum atomic E-state index is 12.6. The largest absolute Gasteiger partial charge is 0.494 e. The summed E-state index contributed by atoms with van der Waals surface area (Å²) in [5.41, 5.74) is 1.37. The van der Waals surface area contributed by atoms with Crippen molar-refractivity contribution in [2.45, 2.75) is 25.3 Å². The predicted molar refractivity (Wildman–Crippen MR) is 111 cm³/mol. The Morgan fingerprint density at radius 3 is 2.50 bits per heavy atom. The summed E-state index contributed by atoms with van der Waals surface area (Å²) >= 11 is 1.29. The van der Waals surface area contributed by atoms with Crippen LogP contribution in [0.1, 0.15) is 32.6 Å². The first kappa shape index (κ1) is 20.3. The molecule has 0 unspecified atom stereocenters. The monoisotopic (exact) mass is 415 g/mol. The molecule has 146 valence electrons. The Morgan fingerprint density at radius 1 is 1.07 bits per heavy atom. The molecular weight excluding hydrogens is 394 g/mol. The molecule has 28 heavy (non-hydrogen) atoms. The highest BCUT2D eigenvalue weighted by Crippen LogP contribution is 2.23. The van der Waals surface area contributed by atoms with E-state index in [4.69, 9.17) is 4.74 Å². The van der Waals surface area contributed by atoms with Crippen LogP contribution in [0.15, 0.2) is 65.6 Å². The number of nitrogens with one attached hydrogen (secondary N) is 1. The summed E-state index contributed by atoms with van der Waals surface area (Å²) < 4.78 is 33.2. The number of ether oxygens (including phenoxy) is 1. The van der Waals surface area contributed by atoms with Gasteiger partial charge in [0.2, 0.25) is 15.8 Å². The summed E-state index contributed by atoms with van der Waals surface area (Å²) in [5.74, 6) is 0.602. The molecule has 1 aromatic heterocycles. The molecule has 0 spiro atoms. The molecule has 1 heterocycles. The zero-order chi connectivity index (χ0) is 20.1. The fourth-order valence-electron chi connectivity index (χ4n) is 2.68. The van der Waals surface area contributed by atoms with E-state index in [-0.39, 0.29) is 17.2 Å². The topological polar surface area (TPSA) is 72.5 Å². The summed E-state index contributed by atoms with van der Waals surface area (Å²) in [4.78, 5) is 14.0. The van der Waals surface area contributed by atoms with E-state index in [1.165, 1.54) is 17.4 Å². The third-order valence-corrected chi connectivity index (χ3v) is 6.60. The minimum absolute atomic E-state index is 0.0677. The first-order chi connectivity index (χ1) is 13.4. The van der Waals surface area contributed by atoms with E-state index < -0.39 is 10.0 Å². The van der Waals surface area contributed by atoms with Gasteiger partial charge < -0.3 is 4.74 Å². The van der Waals surface area contributed by atoms with Gasteiger partial charge in [0.25, 0.3) is 0 Å². The summed E-state index contributed by atoms with van der Waals surface area (Å²) in [6, 6.07) is 17.3. The van der Waals surface area contributed by atoms with E-state index >= 15 is 0 Å². The molecule has 7 heteroatoms. The van der Waals surface area contributed by atoms with Gasteiger partial charge in [-0.15, -0.1) is 11.3 Å². The summed E-state index contributed by atoms with van der Waals surface area (Å²) in [6.45, 7) is 4.34. The normalized spacial score (nSPS) is 11.4. The molecule has 0 aliphatic heterocycles. The quantitative estimate of drug-likeness (QED) is 0.561. The van der Waals surface area contributed by atoms with Crippen LogP contribution in [0.25, 0.3) is 0 Å². The molecule has 0 aliphatic carbocycles. The van der Waals surface area contributed by atoms with Crippen molar-refractivity contribution < 1.29 is 17.9 Å². The van der Waals surface area contributed by atoms with Crippen LogP contribution >= 0.6 is 11.3 Å². The van der Waals surface area contributed by atoms with Crippen molar-refractivity contribution >= 4 is 27.1 Å². The molecule has 0 saturated carbocycles. The number of sulfonamides is 1. The highest BCUT2D eigenvalue weighted by Gasteiger charge is 2.17. The second kappa shape index (κ2) is 8.68. The molecule has 0 bridgehead atoms. The van der Waals surface area contributed by atoms with E-state index in [1.54, 1.807) is 36.4 Å². The number of carbonyl (C=O) groups excluding carboxylic acids is 1. The Morgan fingerprint density at radius 2 is 1.82 bits per heavy atom. The van der Waals surface area contributed by atoms with Crippen molar-refractivity contribution in [1.82, 2.24) is 4.72 Å². The van der Waals surface area contributed by atoms with Crippen LogP contribution in [0.2, 0.25) is 0 Å². The summed E-state index contributed by atoms with van der Waals surface area (Å²) in [7, 11) is -3.66. The molecule has 0 aliphatic rings. The highest BCUT2D eigenvalue weighted by molar-refractivity contribution is 7.89. The van der Waals surface area contributed by atoms with Crippen molar-refractivity contribution in [3.05, 3.63) is 81.5 Å². The maximum absolute atomic E-state index is 12.6. The Kier molecular flexibility index (Phi) is 6.28. The third kappa shape index (κ3) is 4.67.